The lowest BCUT2D eigenvalue weighted by molar-refractivity contribution is 0.450. The molecule has 0 saturated carbocycles. The summed E-state index contributed by atoms with van der Waals surface area (Å²) in [6.07, 6.45) is 0. The third-order valence-electron chi connectivity index (χ3n) is 2.41. The fourth-order valence-electron chi connectivity index (χ4n) is 1.23. The molecule has 90 valence electrons. The summed E-state index contributed by atoms with van der Waals surface area (Å²) in [5.74, 6) is 0.560. The summed E-state index contributed by atoms with van der Waals surface area (Å²) in [6, 6.07) is 11.4. The molecule has 0 saturated heterocycles. The molecular formula is C14H16O3. The van der Waals surface area contributed by atoms with Crippen molar-refractivity contribution in [1.82, 2.24) is 0 Å². The van der Waals surface area contributed by atoms with Gasteiger partial charge >= 0.3 is 0 Å². The average Bonchev–Trinajstić information content (AvgIpc) is 2.26. The van der Waals surface area contributed by atoms with Crippen LogP contribution in [0.25, 0.3) is 0 Å². The second-order valence-electron chi connectivity index (χ2n) is 3.74. The van der Waals surface area contributed by atoms with Crippen molar-refractivity contribution in [3.05, 3.63) is 53.6 Å². The Kier molecular flexibility index (Phi) is 4.40. The largest absolute Gasteiger partial charge is 0.508 e. The quantitative estimate of drug-likeness (QED) is 0.654. The van der Waals surface area contributed by atoms with Crippen LogP contribution in [-0.2, 0) is 0 Å². The molecule has 0 aromatic heterocycles. The highest BCUT2D eigenvalue weighted by Gasteiger charge is 1.94. The van der Waals surface area contributed by atoms with Crippen LogP contribution in [0.3, 0.4) is 0 Å². The smallest absolute Gasteiger partial charge is 0.119 e. The third kappa shape index (κ3) is 4.07. The average molecular weight is 232 g/mol. The van der Waals surface area contributed by atoms with Gasteiger partial charge in [0.25, 0.3) is 0 Å². The molecule has 2 aromatic rings. The first-order valence-electron chi connectivity index (χ1n) is 5.24. The van der Waals surface area contributed by atoms with Gasteiger partial charge in [-0.1, -0.05) is 18.2 Å². The van der Waals surface area contributed by atoms with E-state index in [0.29, 0.717) is 5.75 Å². The third-order valence-corrected chi connectivity index (χ3v) is 2.41. The molecule has 0 bridgehead atoms. The molecule has 0 aliphatic carbocycles. The Morgan fingerprint density at radius 3 is 1.65 bits per heavy atom. The fraction of sp³-hybridized carbons (Fsp3) is 0.143. The molecule has 3 N–H and O–H groups in total. The highest BCUT2D eigenvalue weighted by Crippen LogP contribution is 2.17. The molecule has 3 heteroatoms. The molecule has 0 aliphatic heterocycles. The fourth-order valence-corrected chi connectivity index (χ4v) is 1.23. The van der Waals surface area contributed by atoms with E-state index in [1.165, 1.54) is 18.2 Å². The molecule has 17 heavy (non-hydrogen) atoms. The van der Waals surface area contributed by atoms with Crippen LogP contribution >= 0.6 is 0 Å². The second kappa shape index (κ2) is 5.80. The van der Waals surface area contributed by atoms with Gasteiger partial charge < -0.3 is 15.3 Å². The van der Waals surface area contributed by atoms with Gasteiger partial charge in [-0.05, 0) is 43.2 Å². The van der Waals surface area contributed by atoms with Crippen LogP contribution in [0.15, 0.2) is 42.5 Å². The standard InChI is InChI=1S/C8H10O.C6H6O2/c1-6-4-3-5-8(9)7(6)2;7-5-2-1-3-6(8)4-5/h3-5,9H,1-2H3;1-4,7-8H. The summed E-state index contributed by atoms with van der Waals surface area (Å²) >= 11 is 0. The van der Waals surface area contributed by atoms with Gasteiger partial charge in [0.2, 0.25) is 0 Å². The Hall–Kier alpha value is -2.16. The molecule has 0 atom stereocenters. The summed E-state index contributed by atoms with van der Waals surface area (Å²) in [6.45, 7) is 3.89. The minimum absolute atomic E-state index is 0.0880. The van der Waals surface area contributed by atoms with Crippen LogP contribution in [0.5, 0.6) is 17.2 Å². The van der Waals surface area contributed by atoms with E-state index < -0.39 is 0 Å². The maximum Gasteiger partial charge on any atom is 0.119 e. The molecule has 0 aliphatic rings. The van der Waals surface area contributed by atoms with Crippen LogP contribution in [0.2, 0.25) is 0 Å². The lowest BCUT2D eigenvalue weighted by Crippen LogP contribution is -1.78. The van der Waals surface area contributed by atoms with Crippen molar-refractivity contribution >= 4 is 0 Å². The molecule has 0 radical (unpaired) electrons. The molecule has 0 amide bonds. The molecule has 0 spiro atoms. The number of benzene rings is 2. The van der Waals surface area contributed by atoms with Crippen molar-refractivity contribution in [1.29, 1.82) is 0 Å². The van der Waals surface area contributed by atoms with Crippen molar-refractivity contribution in [2.75, 3.05) is 0 Å². The predicted molar refractivity (Wildman–Crippen MR) is 67.4 cm³/mol. The maximum atomic E-state index is 9.10. The van der Waals surface area contributed by atoms with Crippen LogP contribution in [-0.4, -0.2) is 15.3 Å². The molecule has 2 rings (SSSR count). The first kappa shape index (κ1) is 12.9. The number of aryl methyl sites for hydroxylation is 1. The Labute approximate surface area is 101 Å². The Bertz CT molecular complexity index is 455. The summed E-state index contributed by atoms with van der Waals surface area (Å²) in [4.78, 5) is 0. The van der Waals surface area contributed by atoms with E-state index in [2.05, 4.69) is 0 Å². The number of hydrogen-bond donors (Lipinski definition) is 3. The van der Waals surface area contributed by atoms with E-state index in [-0.39, 0.29) is 11.5 Å². The minimum Gasteiger partial charge on any atom is -0.508 e. The molecule has 0 unspecified atom stereocenters. The van der Waals surface area contributed by atoms with Gasteiger partial charge in [0.05, 0.1) is 0 Å². The first-order chi connectivity index (χ1) is 8.00. The van der Waals surface area contributed by atoms with Gasteiger partial charge in [0.15, 0.2) is 0 Å². The van der Waals surface area contributed by atoms with Gasteiger partial charge in [0.1, 0.15) is 17.2 Å². The van der Waals surface area contributed by atoms with Crippen LogP contribution in [0, 0.1) is 13.8 Å². The predicted octanol–water partition coefficient (Wildman–Crippen LogP) is 3.11. The number of aromatic hydroxyl groups is 3. The number of phenolic OH excluding ortho intramolecular Hbond substituents is 3. The maximum absolute atomic E-state index is 9.10. The summed E-state index contributed by atoms with van der Waals surface area (Å²) in [5, 5.41) is 26.4. The Balaban J connectivity index is 0.000000171. The summed E-state index contributed by atoms with van der Waals surface area (Å²) in [5.41, 5.74) is 2.10. The van der Waals surface area contributed by atoms with Crippen LogP contribution < -0.4 is 0 Å². The van der Waals surface area contributed by atoms with Gasteiger partial charge in [-0.3, -0.25) is 0 Å². The SMILES string of the molecule is Cc1cccc(O)c1C.Oc1cccc(O)c1. The minimum atomic E-state index is 0.0880. The zero-order chi connectivity index (χ0) is 12.8. The Morgan fingerprint density at radius 1 is 0.765 bits per heavy atom. The zero-order valence-electron chi connectivity index (χ0n) is 9.88. The van der Waals surface area contributed by atoms with E-state index in [9.17, 15) is 0 Å². The van der Waals surface area contributed by atoms with Gasteiger partial charge in [-0.25, -0.2) is 0 Å². The first-order valence-corrected chi connectivity index (χ1v) is 5.24. The lowest BCUT2D eigenvalue weighted by Gasteiger charge is -1.99. The van der Waals surface area contributed by atoms with Crippen molar-refractivity contribution in [2.45, 2.75) is 13.8 Å². The zero-order valence-corrected chi connectivity index (χ0v) is 9.88. The summed E-state index contributed by atoms with van der Waals surface area (Å²) in [7, 11) is 0. The van der Waals surface area contributed by atoms with Crippen molar-refractivity contribution < 1.29 is 15.3 Å². The van der Waals surface area contributed by atoms with Gasteiger partial charge in [-0.15, -0.1) is 0 Å². The number of hydrogen-bond acceptors (Lipinski definition) is 3. The highest BCUT2D eigenvalue weighted by molar-refractivity contribution is 5.36. The topological polar surface area (TPSA) is 60.7 Å². The Morgan fingerprint density at radius 2 is 1.29 bits per heavy atom. The number of rotatable bonds is 0. The monoisotopic (exact) mass is 232 g/mol. The molecule has 0 fully saturated rings. The lowest BCUT2D eigenvalue weighted by atomic mass is 10.1. The van der Waals surface area contributed by atoms with Crippen molar-refractivity contribution in [3.8, 4) is 17.2 Å². The van der Waals surface area contributed by atoms with Crippen LogP contribution in [0.1, 0.15) is 11.1 Å². The van der Waals surface area contributed by atoms with Crippen LogP contribution in [0.4, 0.5) is 0 Å². The molecule has 0 heterocycles. The molecular weight excluding hydrogens is 216 g/mol. The van der Waals surface area contributed by atoms with Crippen molar-refractivity contribution in [2.24, 2.45) is 0 Å². The van der Waals surface area contributed by atoms with E-state index >= 15 is 0 Å². The van der Waals surface area contributed by atoms with E-state index in [4.69, 9.17) is 15.3 Å². The molecule has 3 nitrogen and oxygen atoms in total. The second-order valence-corrected chi connectivity index (χ2v) is 3.74. The normalized spacial score (nSPS) is 9.29. The van der Waals surface area contributed by atoms with E-state index in [1.807, 2.05) is 26.0 Å². The van der Waals surface area contributed by atoms with Gasteiger partial charge in [0, 0.05) is 6.07 Å². The van der Waals surface area contributed by atoms with Gasteiger partial charge in [-0.2, -0.15) is 0 Å². The van der Waals surface area contributed by atoms with E-state index in [0.717, 1.165) is 11.1 Å². The number of phenols is 3. The summed E-state index contributed by atoms with van der Waals surface area (Å²) < 4.78 is 0. The van der Waals surface area contributed by atoms with E-state index in [1.54, 1.807) is 12.1 Å². The molecule has 2 aromatic carbocycles. The van der Waals surface area contributed by atoms with Crippen molar-refractivity contribution in [3.63, 3.8) is 0 Å². The highest BCUT2D eigenvalue weighted by atomic mass is 16.3.